The van der Waals surface area contributed by atoms with E-state index in [0.717, 1.165) is 0 Å². The molecule has 0 aliphatic carbocycles. The van der Waals surface area contributed by atoms with Gasteiger partial charge in [-0.2, -0.15) is 0 Å². The summed E-state index contributed by atoms with van der Waals surface area (Å²) in [6.45, 7) is 25.2. The van der Waals surface area contributed by atoms with Crippen molar-refractivity contribution in [1.29, 1.82) is 0 Å². The Hall–Kier alpha value is -1.82. The van der Waals surface area contributed by atoms with Gasteiger partial charge in [0.05, 0.1) is 0 Å². The van der Waals surface area contributed by atoms with E-state index in [9.17, 15) is 0 Å². The van der Waals surface area contributed by atoms with Crippen molar-refractivity contribution >= 4 is 0 Å². The van der Waals surface area contributed by atoms with E-state index in [1.165, 1.54) is 35.1 Å². The van der Waals surface area contributed by atoms with Gasteiger partial charge in [-0.25, -0.2) is 0 Å². The van der Waals surface area contributed by atoms with E-state index < -0.39 is 0 Å². The first-order valence-corrected chi connectivity index (χ1v) is 9.91. The second-order valence-electron chi connectivity index (χ2n) is 6.63. The predicted molar refractivity (Wildman–Crippen MR) is 124 cm³/mol. The van der Waals surface area contributed by atoms with Gasteiger partial charge in [0.15, 0.2) is 0 Å². The summed E-state index contributed by atoms with van der Waals surface area (Å²) in [5.74, 6) is 0.653. The van der Waals surface area contributed by atoms with Gasteiger partial charge in [0.2, 0.25) is 0 Å². The first kappa shape index (κ1) is 29.0. The molecule has 0 aliphatic heterocycles. The van der Waals surface area contributed by atoms with Crippen LogP contribution >= 0.6 is 0 Å². The third kappa shape index (κ3) is 20.2. The SMILES string of the molecule is C=C.CCC.CCC.Cc1ccc(C(C)C)cc1.Cc1ccc(C)cc1. The second kappa shape index (κ2) is 21.2. The van der Waals surface area contributed by atoms with E-state index in [-0.39, 0.29) is 0 Å². The zero-order valence-corrected chi connectivity index (χ0v) is 19.0. The number of benzene rings is 2. The molecule has 0 amide bonds. The molecule has 0 fully saturated rings. The topological polar surface area (TPSA) is 0 Å². The van der Waals surface area contributed by atoms with Gasteiger partial charge in [0.1, 0.15) is 0 Å². The van der Waals surface area contributed by atoms with Crippen LogP contribution in [-0.2, 0) is 0 Å². The molecule has 26 heavy (non-hydrogen) atoms. The van der Waals surface area contributed by atoms with Crippen molar-refractivity contribution in [3.63, 3.8) is 0 Å². The van der Waals surface area contributed by atoms with Crippen LogP contribution in [-0.4, -0.2) is 0 Å². The van der Waals surface area contributed by atoms with Crippen molar-refractivity contribution < 1.29 is 0 Å². The molecule has 0 heterocycles. The zero-order chi connectivity index (χ0) is 21.0. The molecule has 0 radical (unpaired) electrons. The number of aryl methyl sites for hydroxylation is 3. The summed E-state index contributed by atoms with van der Waals surface area (Å²) in [6.07, 6.45) is 2.50. The highest BCUT2D eigenvalue weighted by molar-refractivity contribution is 5.23. The lowest BCUT2D eigenvalue weighted by atomic mass is 10.0. The first-order chi connectivity index (χ1) is 12.3. The Labute approximate surface area is 165 Å². The monoisotopic (exact) mass is 356 g/mol. The lowest BCUT2D eigenvalue weighted by Crippen LogP contribution is -1.85. The Morgan fingerprint density at radius 1 is 0.577 bits per heavy atom. The van der Waals surface area contributed by atoms with Crippen LogP contribution in [0.5, 0.6) is 0 Å². The van der Waals surface area contributed by atoms with E-state index >= 15 is 0 Å². The standard InChI is InChI=1S/C10H14.C8H10.2C3H8.C2H4/c1-8(2)10-6-4-9(3)5-7-10;1-7-3-5-8(2)6-4-7;2*1-3-2;1-2/h4-8H,1-3H3;3-6H,1-2H3;2*3H2,1-2H3;1-2H2. The quantitative estimate of drug-likeness (QED) is 0.447. The third-order valence-electron chi connectivity index (χ3n) is 2.96. The lowest BCUT2D eigenvalue weighted by Gasteiger charge is -2.03. The Kier molecular flexibility index (Phi) is 23.6. The van der Waals surface area contributed by atoms with E-state index in [4.69, 9.17) is 0 Å². The Balaban J connectivity index is -0.000000296. The Morgan fingerprint density at radius 3 is 0.962 bits per heavy atom. The van der Waals surface area contributed by atoms with Crippen molar-refractivity contribution in [3.05, 3.63) is 83.9 Å². The van der Waals surface area contributed by atoms with Gasteiger partial charge >= 0.3 is 0 Å². The highest BCUT2D eigenvalue weighted by Crippen LogP contribution is 2.13. The van der Waals surface area contributed by atoms with Crippen LogP contribution < -0.4 is 0 Å². The average molecular weight is 357 g/mol. The third-order valence-corrected chi connectivity index (χ3v) is 2.96. The number of hydrogen-bond acceptors (Lipinski definition) is 0. The molecule has 0 N–H and O–H groups in total. The number of rotatable bonds is 1. The van der Waals surface area contributed by atoms with Crippen LogP contribution in [0, 0.1) is 20.8 Å². The fourth-order valence-corrected chi connectivity index (χ4v) is 1.59. The average Bonchev–Trinajstić information content (AvgIpc) is 2.62. The summed E-state index contributed by atoms with van der Waals surface area (Å²) in [5, 5.41) is 0. The molecule has 0 saturated heterocycles. The maximum atomic E-state index is 3.00. The molecule has 0 spiro atoms. The summed E-state index contributed by atoms with van der Waals surface area (Å²) in [5.41, 5.74) is 5.42. The minimum atomic E-state index is 0.653. The molecule has 0 atom stereocenters. The Morgan fingerprint density at radius 2 is 0.769 bits per heavy atom. The van der Waals surface area contributed by atoms with Crippen LogP contribution in [0.3, 0.4) is 0 Å². The van der Waals surface area contributed by atoms with Crippen LogP contribution in [0.25, 0.3) is 0 Å². The largest absolute Gasteiger partial charge is 0.106 e. The molecule has 0 bridgehead atoms. The molecule has 0 saturated carbocycles. The van der Waals surface area contributed by atoms with Gasteiger partial charge in [0, 0.05) is 0 Å². The van der Waals surface area contributed by atoms with E-state index in [1.807, 2.05) is 0 Å². The molecule has 0 aliphatic rings. The van der Waals surface area contributed by atoms with Crippen molar-refractivity contribution in [1.82, 2.24) is 0 Å². The van der Waals surface area contributed by atoms with Crippen LogP contribution in [0.4, 0.5) is 0 Å². The smallest absolute Gasteiger partial charge is 0.0219 e. The van der Waals surface area contributed by atoms with Crippen LogP contribution in [0.2, 0.25) is 0 Å². The van der Waals surface area contributed by atoms with Gasteiger partial charge < -0.3 is 0 Å². The fourth-order valence-electron chi connectivity index (χ4n) is 1.59. The minimum Gasteiger partial charge on any atom is -0.106 e. The number of hydrogen-bond donors (Lipinski definition) is 0. The molecule has 148 valence electrons. The summed E-state index contributed by atoms with van der Waals surface area (Å²) in [6, 6.07) is 17.2. The summed E-state index contributed by atoms with van der Waals surface area (Å²) in [7, 11) is 0. The van der Waals surface area contributed by atoms with Gasteiger partial charge in [-0.1, -0.05) is 120 Å². The highest BCUT2D eigenvalue weighted by Gasteiger charge is 1.95. The van der Waals surface area contributed by atoms with Crippen molar-refractivity contribution in [3.8, 4) is 0 Å². The molecular weight excluding hydrogens is 312 g/mol. The zero-order valence-electron chi connectivity index (χ0n) is 19.0. The van der Waals surface area contributed by atoms with E-state index in [2.05, 4.69) is 124 Å². The fraction of sp³-hybridized carbons (Fsp3) is 0.462. The summed E-state index contributed by atoms with van der Waals surface area (Å²) < 4.78 is 0. The maximum Gasteiger partial charge on any atom is -0.0219 e. The minimum absolute atomic E-state index is 0.653. The molecule has 2 aromatic carbocycles. The van der Waals surface area contributed by atoms with Gasteiger partial charge in [-0.3, -0.25) is 0 Å². The summed E-state index contributed by atoms with van der Waals surface area (Å²) >= 11 is 0. The van der Waals surface area contributed by atoms with Gasteiger partial charge in [-0.15, -0.1) is 13.2 Å². The van der Waals surface area contributed by atoms with Crippen molar-refractivity contribution in [2.75, 3.05) is 0 Å². The highest BCUT2D eigenvalue weighted by atomic mass is 14.0. The maximum absolute atomic E-state index is 3.00. The normalized spacial score (nSPS) is 8.38. The van der Waals surface area contributed by atoms with E-state index in [1.54, 1.807) is 0 Å². The summed E-state index contributed by atoms with van der Waals surface area (Å²) in [4.78, 5) is 0. The molecular formula is C26H44. The van der Waals surface area contributed by atoms with Crippen molar-refractivity contribution in [2.24, 2.45) is 0 Å². The molecule has 0 heteroatoms. The van der Waals surface area contributed by atoms with Gasteiger partial charge in [-0.05, 0) is 32.3 Å². The molecule has 2 rings (SSSR count). The lowest BCUT2D eigenvalue weighted by molar-refractivity contribution is 0.866. The van der Waals surface area contributed by atoms with Crippen LogP contribution in [0.15, 0.2) is 61.7 Å². The van der Waals surface area contributed by atoms with Crippen molar-refractivity contribution in [2.45, 2.75) is 81.1 Å². The molecule has 0 nitrogen and oxygen atoms in total. The first-order valence-electron chi connectivity index (χ1n) is 9.91. The molecule has 0 aromatic heterocycles. The van der Waals surface area contributed by atoms with Crippen LogP contribution in [0.1, 0.15) is 82.6 Å². The second-order valence-corrected chi connectivity index (χ2v) is 6.63. The predicted octanol–water partition coefficient (Wildman–Crippen LogP) is 9.06. The molecule has 2 aromatic rings. The van der Waals surface area contributed by atoms with Gasteiger partial charge in [0.25, 0.3) is 0 Å². The van der Waals surface area contributed by atoms with E-state index in [0.29, 0.717) is 5.92 Å². The Bertz CT molecular complexity index is 466. The molecule has 0 unspecified atom stereocenters.